The van der Waals surface area contributed by atoms with Gasteiger partial charge in [0.05, 0.1) is 11.1 Å². The van der Waals surface area contributed by atoms with Crippen LogP contribution >= 0.6 is 11.8 Å². The summed E-state index contributed by atoms with van der Waals surface area (Å²) in [5.74, 6) is 0.743. The van der Waals surface area contributed by atoms with Crippen LogP contribution in [0, 0.1) is 6.92 Å². The number of nitrogens with one attached hydrogen (secondary N) is 1. The summed E-state index contributed by atoms with van der Waals surface area (Å²) < 4.78 is 0. The van der Waals surface area contributed by atoms with Crippen LogP contribution in [0.15, 0.2) is 76.8 Å². The second-order valence-electron chi connectivity index (χ2n) is 5.84. The Kier molecular flexibility index (Phi) is 4.41. The van der Waals surface area contributed by atoms with Gasteiger partial charge in [0, 0.05) is 21.2 Å². The molecular formula is C20H17N5S. The van der Waals surface area contributed by atoms with Crippen LogP contribution in [-0.4, -0.2) is 15.0 Å². The number of hydrogen-bond acceptors (Lipinski definition) is 6. The fourth-order valence-corrected chi connectivity index (χ4v) is 3.49. The second-order valence-corrected chi connectivity index (χ2v) is 6.95. The molecule has 0 fully saturated rings. The molecule has 2 aromatic heterocycles. The number of hydrogen-bond donors (Lipinski definition) is 2. The van der Waals surface area contributed by atoms with E-state index in [1.54, 1.807) is 11.8 Å². The number of rotatable bonds is 4. The molecule has 0 bridgehead atoms. The maximum atomic E-state index is 5.77. The van der Waals surface area contributed by atoms with E-state index in [9.17, 15) is 0 Å². The molecule has 0 aliphatic heterocycles. The van der Waals surface area contributed by atoms with Gasteiger partial charge in [-0.25, -0.2) is 15.0 Å². The highest BCUT2D eigenvalue weighted by Gasteiger charge is 2.09. The molecule has 2 aromatic carbocycles. The Labute approximate surface area is 155 Å². The lowest BCUT2D eigenvalue weighted by atomic mass is 10.2. The van der Waals surface area contributed by atoms with Crippen molar-refractivity contribution in [3.63, 3.8) is 0 Å². The van der Waals surface area contributed by atoms with Gasteiger partial charge in [0.1, 0.15) is 12.1 Å². The molecule has 4 aromatic rings. The molecule has 128 valence electrons. The Hall–Kier alpha value is -3.12. The molecule has 0 amide bonds. The molecule has 4 rings (SSSR count). The van der Waals surface area contributed by atoms with Gasteiger partial charge in [0.25, 0.3) is 0 Å². The van der Waals surface area contributed by atoms with E-state index in [0.29, 0.717) is 5.65 Å². The molecular weight excluding hydrogens is 342 g/mol. The smallest absolute Gasteiger partial charge is 0.164 e. The Morgan fingerprint density at radius 3 is 2.58 bits per heavy atom. The highest BCUT2D eigenvalue weighted by molar-refractivity contribution is 7.99. The number of anilines is 3. The quantitative estimate of drug-likeness (QED) is 0.509. The van der Waals surface area contributed by atoms with Gasteiger partial charge >= 0.3 is 0 Å². The monoisotopic (exact) mass is 359 g/mol. The molecule has 3 N–H and O–H groups in total. The van der Waals surface area contributed by atoms with Gasteiger partial charge in [0.2, 0.25) is 0 Å². The van der Waals surface area contributed by atoms with Crippen molar-refractivity contribution in [2.45, 2.75) is 16.7 Å². The molecule has 0 saturated heterocycles. The van der Waals surface area contributed by atoms with Crippen LogP contribution in [-0.2, 0) is 0 Å². The highest BCUT2D eigenvalue weighted by atomic mass is 32.2. The first-order valence-corrected chi connectivity index (χ1v) is 8.98. The van der Waals surface area contributed by atoms with Gasteiger partial charge in [-0.05, 0) is 55.5 Å². The van der Waals surface area contributed by atoms with Crippen molar-refractivity contribution in [3.05, 3.63) is 72.7 Å². The SMILES string of the molecule is Cc1ccc2c(Nc3ccccc3Sc3ccc(N)cc3)ncnc2n1. The Bertz CT molecular complexity index is 1060. The van der Waals surface area contributed by atoms with Crippen LogP contribution < -0.4 is 11.1 Å². The van der Waals surface area contributed by atoms with Crippen LogP contribution in [0.5, 0.6) is 0 Å². The number of nitrogens with two attached hydrogens (primary N) is 1. The minimum atomic E-state index is 0.686. The zero-order valence-corrected chi connectivity index (χ0v) is 15.0. The minimum Gasteiger partial charge on any atom is -0.399 e. The number of pyridine rings is 1. The topological polar surface area (TPSA) is 76.7 Å². The van der Waals surface area contributed by atoms with E-state index in [4.69, 9.17) is 5.73 Å². The average Bonchev–Trinajstić information content (AvgIpc) is 2.65. The number of nitrogen functional groups attached to an aromatic ring is 1. The minimum absolute atomic E-state index is 0.686. The lowest BCUT2D eigenvalue weighted by Crippen LogP contribution is -1.98. The molecule has 0 saturated carbocycles. The first kappa shape index (κ1) is 16.4. The first-order valence-electron chi connectivity index (χ1n) is 8.17. The van der Waals surface area contributed by atoms with E-state index >= 15 is 0 Å². The molecule has 0 radical (unpaired) electrons. The molecule has 0 atom stereocenters. The van der Waals surface area contributed by atoms with Crippen LogP contribution in [0.25, 0.3) is 11.0 Å². The van der Waals surface area contributed by atoms with Crippen molar-refractivity contribution in [3.8, 4) is 0 Å². The summed E-state index contributed by atoms with van der Waals surface area (Å²) in [5, 5.41) is 4.32. The Morgan fingerprint density at radius 2 is 1.73 bits per heavy atom. The van der Waals surface area contributed by atoms with Crippen molar-refractivity contribution < 1.29 is 0 Å². The van der Waals surface area contributed by atoms with Crippen LogP contribution in [0.2, 0.25) is 0 Å². The third-order valence-electron chi connectivity index (χ3n) is 3.88. The summed E-state index contributed by atoms with van der Waals surface area (Å²) in [4.78, 5) is 15.4. The zero-order chi connectivity index (χ0) is 17.9. The fourth-order valence-electron chi connectivity index (χ4n) is 2.59. The lowest BCUT2D eigenvalue weighted by molar-refractivity contribution is 1.15. The van der Waals surface area contributed by atoms with E-state index < -0.39 is 0 Å². The maximum absolute atomic E-state index is 5.77. The van der Waals surface area contributed by atoms with E-state index in [0.717, 1.165) is 38.1 Å². The van der Waals surface area contributed by atoms with Gasteiger partial charge < -0.3 is 11.1 Å². The molecule has 0 aliphatic rings. The average molecular weight is 359 g/mol. The molecule has 0 aliphatic carbocycles. The fraction of sp³-hybridized carbons (Fsp3) is 0.0500. The summed E-state index contributed by atoms with van der Waals surface area (Å²) in [6.45, 7) is 1.95. The van der Waals surface area contributed by atoms with E-state index in [-0.39, 0.29) is 0 Å². The number of para-hydroxylation sites is 1. The number of nitrogens with zero attached hydrogens (tertiary/aromatic N) is 3. The Morgan fingerprint density at radius 1 is 0.923 bits per heavy atom. The number of benzene rings is 2. The summed E-state index contributed by atoms with van der Waals surface area (Å²) in [7, 11) is 0. The first-order chi connectivity index (χ1) is 12.7. The van der Waals surface area contributed by atoms with Crippen molar-refractivity contribution in [1.82, 2.24) is 15.0 Å². The van der Waals surface area contributed by atoms with E-state index in [2.05, 4.69) is 26.3 Å². The predicted molar refractivity (Wildman–Crippen MR) is 107 cm³/mol. The van der Waals surface area contributed by atoms with Gasteiger partial charge in [-0.3, -0.25) is 0 Å². The van der Waals surface area contributed by atoms with Crippen molar-refractivity contribution in [2.75, 3.05) is 11.1 Å². The predicted octanol–water partition coefficient (Wildman–Crippen LogP) is 4.81. The summed E-state index contributed by atoms with van der Waals surface area (Å²) >= 11 is 1.67. The third-order valence-corrected chi connectivity index (χ3v) is 4.97. The molecule has 26 heavy (non-hydrogen) atoms. The van der Waals surface area contributed by atoms with Crippen LogP contribution in [0.3, 0.4) is 0 Å². The van der Waals surface area contributed by atoms with Gasteiger partial charge in [0.15, 0.2) is 5.65 Å². The maximum Gasteiger partial charge on any atom is 0.164 e. The molecule has 6 heteroatoms. The molecule has 0 unspecified atom stereocenters. The zero-order valence-electron chi connectivity index (χ0n) is 14.2. The molecule has 5 nitrogen and oxygen atoms in total. The molecule has 2 heterocycles. The summed E-state index contributed by atoms with van der Waals surface area (Å²) in [5.41, 5.74) is 9.13. The number of fused-ring (bicyclic) bond motifs is 1. The van der Waals surface area contributed by atoms with E-state index in [1.165, 1.54) is 6.33 Å². The Balaban J connectivity index is 1.68. The van der Waals surface area contributed by atoms with Gasteiger partial charge in [-0.1, -0.05) is 23.9 Å². The van der Waals surface area contributed by atoms with Gasteiger partial charge in [-0.2, -0.15) is 0 Å². The van der Waals surface area contributed by atoms with Crippen molar-refractivity contribution in [1.29, 1.82) is 0 Å². The van der Waals surface area contributed by atoms with Crippen LogP contribution in [0.4, 0.5) is 17.2 Å². The van der Waals surface area contributed by atoms with E-state index in [1.807, 2.05) is 61.5 Å². The lowest BCUT2D eigenvalue weighted by Gasteiger charge is -2.12. The number of aryl methyl sites for hydroxylation is 1. The normalized spacial score (nSPS) is 10.8. The largest absolute Gasteiger partial charge is 0.399 e. The van der Waals surface area contributed by atoms with Crippen molar-refractivity contribution >= 4 is 40.0 Å². The highest BCUT2D eigenvalue weighted by Crippen LogP contribution is 2.35. The standard InChI is InChI=1S/C20H17N5S/c1-13-6-11-16-19(24-13)22-12-23-20(16)25-17-4-2-3-5-18(17)26-15-9-7-14(21)8-10-15/h2-12H,21H2,1H3,(H,22,23,24,25). The summed E-state index contributed by atoms with van der Waals surface area (Å²) in [6.07, 6.45) is 1.53. The van der Waals surface area contributed by atoms with Crippen LogP contribution in [0.1, 0.15) is 5.69 Å². The summed E-state index contributed by atoms with van der Waals surface area (Å²) in [6, 6.07) is 19.9. The van der Waals surface area contributed by atoms with Crippen molar-refractivity contribution in [2.24, 2.45) is 0 Å². The third kappa shape index (κ3) is 3.45. The second kappa shape index (κ2) is 7.01. The molecule has 0 spiro atoms. The number of aromatic nitrogens is 3. The van der Waals surface area contributed by atoms with Gasteiger partial charge in [-0.15, -0.1) is 0 Å².